The molecule has 7 heteroatoms. The van der Waals surface area contributed by atoms with Crippen LogP contribution in [0.4, 0.5) is 6.01 Å². The molecule has 18 heavy (non-hydrogen) atoms. The van der Waals surface area contributed by atoms with Crippen LogP contribution in [0, 0.1) is 0 Å². The fourth-order valence-electron chi connectivity index (χ4n) is 2.20. The number of nitrogens with two attached hydrogens (primary N) is 1. The first kappa shape index (κ1) is 12.8. The molecule has 1 saturated heterocycles. The Morgan fingerprint density at radius 1 is 1.67 bits per heavy atom. The highest BCUT2D eigenvalue weighted by Crippen LogP contribution is 2.25. The summed E-state index contributed by atoms with van der Waals surface area (Å²) < 4.78 is 5.60. The van der Waals surface area contributed by atoms with Gasteiger partial charge in [0.15, 0.2) is 0 Å². The van der Waals surface area contributed by atoms with Crippen molar-refractivity contribution in [2.45, 2.75) is 38.8 Å². The van der Waals surface area contributed by atoms with Crippen molar-refractivity contribution in [3.8, 4) is 0 Å². The van der Waals surface area contributed by atoms with Gasteiger partial charge in [0.25, 0.3) is 0 Å². The maximum Gasteiger partial charge on any atom is 0.318 e. The van der Waals surface area contributed by atoms with Gasteiger partial charge in [0, 0.05) is 6.54 Å². The number of amides is 1. The van der Waals surface area contributed by atoms with E-state index in [0.29, 0.717) is 11.9 Å². The van der Waals surface area contributed by atoms with Crippen molar-refractivity contribution in [2.75, 3.05) is 18.0 Å². The number of nitrogens with one attached hydrogen (secondary N) is 1. The quantitative estimate of drug-likeness (QED) is 0.777. The Hall–Kier alpha value is -1.63. The molecule has 1 aromatic heterocycles. The molecule has 2 unspecified atom stereocenters. The normalized spacial score (nSPS) is 21.2. The molecule has 0 saturated carbocycles. The summed E-state index contributed by atoms with van der Waals surface area (Å²) in [6.07, 6.45) is 1.66. The average Bonchev–Trinajstić information content (AvgIpc) is 2.98. The van der Waals surface area contributed by atoms with Crippen LogP contribution >= 0.6 is 0 Å². The Balaban J connectivity index is 2.12. The largest absolute Gasteiger partial charge is 0.406 e. The van der Waals surface area contributed by atoms with E-state index in [9.17, 15) is 4.79 Å². The topological polar surface area (TPSA) is 97.3 Å². The third-order valence-electron chi connectivity index (χ3n) is 3.14. The van der Waals surface area contributed by atoms with Crippen molar-refractivity contribution in [3.05, 3.63) is 5.89 Å². The molecular formula is C11H19N5O2. The third kappa shape index (κ3) is 2.45. The van der Waals surface area contributed by atoms with Crippen LogP contribution in [0.2, 0.25) is 0 Å². The number of aromatic nitrogens is 2. The fraction of sp³-hybridized carbons (Fsp3) is 0.727. The smallest absolute Gasteiger partial charge is 0.318 e. The van der Waals surface area contributed by atoms with Crippen molar-refractivity contribution in [3.63, 3.8) is 0 Å². The Morgan fingerprint density at radius 2 is 2.44 bits per heavy atom. The number of primary amides is 1. The van der Waals surface area contributed by atoms with E-state index in [1.54, 1.807) is 4.90 Å². The summed E-state index contributed by atoms with van der Waals surface area (Å²) in [5, 5.41) is 11.2. The number of rotatable bonds is 5. The molecule has 0 bridgehead atoms. The molecule has 2 heterocycles. The first-order valence-corrected chi connectivity index (χ1v) is 6.26. The van der Waals surface area contributed by atoms with Crippen molar-refractivity contribution >= 4 is 11.9 Å². The standard InChI is InChI=1S/C11H19N5O2/c1-3-13-7(2)10-14-15-11(18-10)16-6-4-5-8(16)9(12)17/h7-8,13H,3-6H2,1-2H3,(H2,12,17). The number of anilines is 1. The molecule has 3 N–H and O–H groups in total. The number of carbonyl (C=O) groups is 1. The van der Waals surface area contributed by atoms with E-state index >= 15 is 0 Å². The first-order chi connectivity index (χ1) is 8.63. The lowest BCUT2D eigenvalue weighted by Crippen LogP contribution is -2.40. The highest BCUT2D eigenvalue weighted by Gasteiger charge is 2.32. The molecular weight excluding hydrogens is 234 g/mol. The molecule has 1 aliphatic heterocycles. The van der Waals surface area contributed by atoms with Crippen LogP contribution in [-0.4, -0.2) is 35.2 Å². The van der Waals surface area contributed by atoms with Crippen molar-refractivity contribution in [1.82, 2.24) is 15.5 Å². The lowest BCUT2D eigenvalue weighted by Gasteiger charge is -2.19. The number of hydrogen-bond acceptors (Lipinski definition) is 6. The minimum Gasteiger partial charge on any atom is -0.406 e. The number of nitrogens with zero attached hydrogens (tertiary/aromatic N) is 3. The molecule has 0 radical (unpaired) electrons. The van der Waals surface area contributed by atoms with E-state index in [2.05, 4.69) is 15.5 Å². The van der Waals surface area contributed by atoms with Gasteiger partial charge in [-0.1, -0.05) is 12.0 Å². The maximum absolute atomic E-state index is 11.3. The van der Waals surface area contributed by atoms with Crippen molar-refractivity contribution in [2.24, 2.45) is 5.73 Å². The molecule has 1 aliphatic rings. The van der Waals surface area contributed by atoms with E-state index in [-0.39, 0.29) is 18.0 Å². The van der Waals surface area contributed by atoms with Gasteiger partial charge in [0.2, 0.25) is 11.8 Å². The first-order valence-electron chi connectivity index (χ1n) is 6.26. The van der Waals surface area contributed by atoms with E-state index < -0.39 is 0 Å². The van der Waals surface area contributed by atoms with Gasteiger partial charge < -0.3 is 20.4 Å². The van der Waals surface area contributed by atoms with Crippen LogP contribution in [0.3, 0.4) is 0 Å². The van der Waals surface area contributed by atoms with Crippen LogP contribution in [0.15, 0.2) is 4.42 Å². The van der Waals surface area contributed by atoms with Crippen LogP contribution < -0.4 is 16.0 Å². The van der Waals surface area contributed by atoms with E-state index in [4.69, 9.17) is 10.2 Å². The van der Waals surface area contributed by atoms with E-state index in [0.717, 1.165) is 25.9 Å². The zero-order valence-electron chi connectivity index (χ0n) is 10.7. The predicted octanol–water partition coefficient (Wildman–Crippen LogP) is 0.194. The van der Waals surface area contributed by atoms with Gasteiger partial charge in [0.1, 0.15) is 6.04 Å². The molecule has 1 fully saturated rings. The van der Waals surface area contributed by atoms with Gasteiger partial charge in [-0.3, -0.25) is 4.79 Å². The highest BCUT2D eigenvalue weighted by atomic mass is 16.4. The Labute approximate surface area is 106 Å². The highest BCUT2D eigenvalue weighted by molar-refractivity contribution is 5.83. The van der Waals surface area contributed by atoms with Gasteiger partial charge in [-0.25, -0.2) is 0 Å². The summed E-state index contributed by atoms with van der Waals surface area (Å²) in [4.78, 5) is 13.1. The van der Waals surface area contributed by atoms with Crippen LogP contribution in [0.1, 0.15) is 38.6 Å². The summed E-state index contributed by atoms with van der Waals surface area (Å²) in [5.74, 6) is 0.189. The second kappa shape index (κ2) is 5.34. The van der Waals surface area contributed by atoms with Gasteiger partial charge in [-0.15, -0.1) is 5.10 Å². The molecule has 0 aromatic carbocycles. The SMILES string of the molecule is CCNC(C)c1nnc(N2CCCC2C(N)=O)o1. The summed E-state index contributed by atoms with van der Waals surface area (Å²) in [6.45, 7) is 5.52. The second-order valence-electron chi connectivity index (χ2n) is 4.46. The summed E-state index contributed by atoms with van der Waals surface area (Å²) in [6, 6.07) is 0.0645. The monoisotopic (exact) mass is 253 g/mol. The minimum atomic E-state index is -0.341. The fourth-order valence-corrected chi connectivity index (χ4v) is 2.20. The van der Waals surface area contributed by atoms with E-state index in [1.807, 2.05) is 13.8 Å². The van der Waals surface area contributed by atoms with Gasteiger partial charge in [0.05, 0.1) is 6.04 Å². The molecule has 7 nitrogen and oxygen atoms in total. The lowest BCUT2D eigenvalue weighted by molar-refractivity contribution is -0.119. The van der Waals surface area contributed by atoms with Crippen molar-refractivity contribution < 1.29 is 9.21 Å². The third-order valence-corrected chi connectivity index (χ3v) is 3.14. The minimum absolute atomic E-state index is 0.00545. The molecule has 0 spiro atoms. The molecule has 1 amide bonds. The lowest BCUT2D eigenvalue weighted by atomic mass is 10.2. The number of carbonyl (C=O) groups excluding carboxylic acids is 1. The molecule has 0 aliphatic carbocycles. The average molecular weight is 253 g/mol. The van der Waals surface area contributed by atoms with Gasteiger partial charge >= 0.3 is 6.01 Å². The zero-order chi connectivity index (χ0) is 13.1. The molecule has 2 rings (SSSR count). The Morgan fingerprint density at radius 3 is 3.11 bits per heavy atom. The van der Waals surface area contributed by atoms with Crippen LogP contribution in [0.25, 0.3) is 0 Å². The van der Waals surface area contributed by atoms with Crippen molar-refractivity contribution in [1.29, 1.82) is 0 Å². The van der Waals surface area contributed by atoms with Crippen LogP contribution in [-0.2, 0) is 4.79 Å². The number of hydrogen-bond donors (Lipinski definition) is 2. The maximum atomic E-state index is 11.3. The van der Waals surface area contributed by atoms with Gasteiger partial charge in [-0.2, -0.15) is 0 Å². The van der Waals surface area contributed by atoms with E-state index in [1.165, 1.54) is 0 Å². The molecule has 1 aromatic rings. The summed E-state index contributed by atoms with van der Waals surface area (Å²) in [7, 11) is 0. The Bertz CT molecular complexity index is 419. The molecule has 100 valence electrons. The summed E-state index contributed by atoms with van der Waals surface area (Å²) >= 11 is 0. The summed E-state index contributed by atoms with van der Waals surface area (Å²) in [5.41, 5.74) is 5.36. The Kier molecular flexibility index (Phi) is 3.81. The van der Waals surface area contributed by atoms with Gasteiger partial charge in [-0.05, 0) is 26.3 Å². The molecule has 2 atom stereocenters. The predicted molar refractivity (Wildman–Crippen MR) is 66.0 cm³/mol. The van der Waals surface area contributed by atoms with Crippen LogP contribution in [0.5, 0.6) is 0 Å². The second-order valence-corrected chi connectivity index (χ2v) is 4.46. The zero-order valence-corrected chi connectivity index (χ0v) is 10.7.